The van der Waals surface area contributed by atoms with E-state index in [1.165, 1.54) is 4.90 Å². The van der Waals surface area contributed by atoms with Gasteiger partial charge in [-0.3, -0.25) is 14.5 Å². The molecule has 4 amide bonds. The Morgan fingerprint density at radius 3 is 2.56 bits per heavy atom. The molecule has 3 N–H and O–H groups in total. The Morgan fingerprint density at radius 1 is 1.28 bits per heavy atom. The van der Waals surface area contributed by atoms with Gasteiger partial charge in [-0.2, -0.15) is 0 Å². The number of benzene rings is 1. The van der Waals surface area contributed by atoms with E-state index in [0.29, 0.717) is 0 Å². The lowest BCUT2D eigenvalue weighted by molar-refractivity contribution is -0.128. The predicted octanol–water partition coefficient (Wildman–Crippen LogP) is 1.02. The Morgan fingerprint density at radius 2 is 1.96 bits per heavy atom. The van der Waals surface area contributed by atoms with Crippen molar-refractivity contribution < 1.29 is 19.5 Å². The van der Waals surface area contributed by atoms with Crippen LogP contribution in [0.2, 0.25) is 0 Å². The number of hydrogen-bond acceptors (Lipinski definition) is 4. The molecule has 7 heteroatoms. The first kappa shape index (κ1) is 18.9. The molecule has 1 aliphatic heterocycles. The summed E-state index contributed by atoms with van der Waals surface area (Å²) in [6.45, 7) is 3.90. The van der Waals surface area contributed by atoms with Gasteiger partial charge in [0.1, 0.15) is 6.04 Å². The zero-order valence-corrected chi connectivity index (χ0v) is 14.6. The minimum atomic E-state index is -0.686. The van der Waals surface area contributed by atoms with Gasteiger partial charge in [-0.05, 0) is 17.9 Å². The second-order valence-corrected chi connectivity index (χ2v) is 6.55. The predicted molar refractivity (Wildman–Crippen MR) is 92.4 cm³/mol. The summed E-state index contributed by atoms with van der Waals surface area (Å²) in [5, 5.41) is 14.6. The molecule has 1 saturated heterocycles. The highest BCUT2D eigenvalue weighted by Crippen LogP contribution is 2.15. The van der Waals surface area contributed by atoms with E-state index in [-0.39, 0.29) is 49.8 Å². The summed E-state index contributed by atoms with van der Waals surface area (Å²) >= 11 is 0. The van der Waals surface area contributed by atoms with Crippen molar-refractivity contribution in [2.24, 2.45) is 5.92 Å². The first-order valence-corrected chi connectivity index (χ1v) is 8.48. The number of nitrogens with zero attached hydrogens (tertiary/aromatic N) is 1. The van der Waals surface area contributed by atoms with E-state index in [1.807, 2.05) is 44.2 Å². The van der Waals surface area contributed by atoms with Gasteiger partial charge >= 0.3 is 6.03 Å². The van der Waals surface area contributed by atoms with Crippen LogP contribution in [0.4, 0.5) is 4.79 Å². The molecule has 0 bridgehead atoms. The fourth-order valence-electron chi connectivity index (χ4n) is 2.67. The van der Waals surface area contributed by atoms with E-state index < -0.39 is 12.1 Å². The Hall–Kier alpha value is -2.41. The molecule has 2 rings (SSSR count). The topological polar surface area (TPSA) is 98.7 Å². The molecule has 1 aromatic carbocycles. The van der Waals surface area contributed by atoms with E-state index in [4.69, 9.17) is 0 Å². The van der Waals surface area contributed by atoms with Crippen LogP contribution in [-0.4, -0.2) is 46.5 Å². The van der Waals surface area contributed by atoms with Gasteiger partial charge in [-0.15, -0.1) is 0 Å². The molecule has 136 valence electrons. The molecule has 1 fully saturated rings. The largest absolute Gasteiger partial charge is 0.394 e. The number of urea groups is 1. The maximum Gasteiger partial charge on any atom is 0.325 e. The zero-order chi connectivity index (χ0) is 18.4. The highest BCUT2D eigenvalue weighted by atomic mass is 16.3. The maximum atomic E-state index is 12.4. The van der Waals surface area contributed by atoms with Crippen molar-refractivity contribution in [1.82, 2.24) is 15.5 Å². The van der Waals surface area contributed by atoms with Crippen LogP contribution in [0.1, 0.15) is 32.3 Å². The van der Waals surface area contributed by atoms with Crippen molar-refractivity contribution in [3.8, 4) is 0 Å². The van der Waals surface area contributed by atoms with Crippen molar-refractivity contribution >= 4 is 17.8 Å². The van der Waals surface area contributed by atoms with Crippen LogP contribution >= 0.6 is 0 Å². The lowest BCUT2D eigenvalue weighted by Gasteiger charge is -2.20. The smallest absolute Gasteiger partial charge is 0.325 e. The number of carbonyl (C=O) groups is 3. The number of rotatable bonds is 8. The number of nitrogens with one attached hydrogen (secondary N) is 2. The molecule has 0 saturated carbocycles. The minimum Gasteiger partial charge on any atom is -0.394 e. The highest BCUT2D eigenvalue weighted by molar-refractivity contribution is 6.04. The van der Waals surface area contributed by atoms with Gasteiger partial charge in [0.25, 0.3) is 5.91 Å². The molecule has 0 radical (unpaired) electrons. The first-order chi connectivity index (χ1) is 11.9. The summed E-state index contributed by atoms with van der Waals surface area (Å²) in [5.41, 5.74) is 0.868. The van der Waals surface area contributed by atoms with Crippen LogP contribution < -0.4 is 10.6 Å². The average molecular weight is 347 g/mol. The number of hydrogen-bond donors (Lipinski definition) is 3. The number of amides is 4. The summed E-state index contributed by atoms with van der Waals surface area (Å²) in [4.78, 5) is 37.6. The fraction of sp³-hybridized carbons (Fsp3) is 0.500. The fourth-order valence-corrected chi connectivity index (χ4v) is 2.67. The number of aliphatic hydroxyl groups excluding tert-OH is 1. The zero-order valence-electron chi connectivity index (χ0n) is 14.6. The Balaban J connectivity index is 1.86. The van der Waals surface area contributed by atoms with Crippen LogP contribution in [0, 0.1) is 5.92 Å². The summed E-state index contributed by atoms with van der Waals surface area (Å²) in [7, 11) is 0. The van der Waals surface area contributed by atoms with Crippen LogP contribution in [0.5, 0.6) is 0 Å². The summed E-state index contributed by atoms with van der Waals surface area (Å²) < 4.78 is 0. The summed E-state index contributed by atoms with van der Waals surface area (Å²) in [5.74, 6) is -0.441. The van der Waals surface area contributed by atoms with Crippen LogP contribution in [0.3, 0.4) is 0 Å². The Kier molecular flexibility index (Phi) is 6.52. The van der Waals surface area contributed by atoms with Crippen molar-refractivity contribution in [3.63, 3.8) is 0 Å². The van der Waals surface area contributed by atoms with Gasteiger partial charge < -0.3 is 15.7 Å². The molecule has 0 aliphatic carbocycles. The summed E-state index contributed by atoms with van der Waals surface area (Å²) in [6, 6.07) is 7.83. The van der Waals surface area contributed by atoms with Gasteiger partial charge in [-0.1, -0.05) is 44.2 Å². The molecule has 7 nitrogen and oxygen atoms in total. The lowest BCUT2D eigenvalue weighted by Crippen LogP contribution is -2.42. The molecule has 25 heavy (non-hydrogen) atoms. The SMILES string of the molecule is CC(C)[C@@H](CO)NC(=O)CC[C@@H]1NC(=O)N(Cc2ccccc2)C1=O. The third-order valence-corrected chi connectivity index (χ3v) is 4.30. The molecule has 0 unspecified atom stereocenters. The van der Waals surface area contributed by atoms with E-state index in [0.717, 1.165) is 5.56 Å². The summed E-state index contributed by atoms with van der Waals surface area (Å²) in [6.07, 6.45) is 0.344. The standard InChI is InChI=1S/C18H25N3O4/c1-12(2)15(11-22)19-16(23)9-8-14-17(24)21(18(25)20-14)10-13-6-4-3-5-7-13/h3-7,12,14-15,22H,8-11H2,1-2H3,(H,19,23)(H,20,25)/t14-,15+/m0/s1. The van der Waals surface area contributed by atoms with Gasteiger partial charge in [0.15, 0.2) is 0 Å². The quantitative estimate of drug-likeness (QED) is 0.612. The molecular weight excluding hydrogens is 322 g/mol. The second-order valence-electron chi connectivity index (χ2n) is 6.55. The van der Waals surface area contributed by atoms with E-state index in [1.54, 1.807) is 0 Å². The molecule has 0 aromatic heterocycles. The molecule has 0 spiro atoms. The van der Waals surface area contributed by atoms with Gasteiger partial charge in [0.2, 0.25) is 5.91 Å². The maximum absolute atomic E-state index is 12.4. The van der Waals surface area contributed by atoms with Crippen molar-refractivity contribution in [3.05, 3.63) is 35.9 Å². The third kappa shape index (κ3) is 5.03. The van der Waals surface area contributed by atoms with Crippen LogP contribution in [-0.2, 0) is 16.1 Å². The van der Waals surface area contributed by atoms with Crippen LogP contribution in [0.25, 0.3) is 0 Å². The normalized spacial score (nSPS) is 18.4. The second kappa shape index (κ2) is 8.62. The number of aliphatic hydroxyl groups is 1. The van der Waals surface area contributed by atoms with E-state index in [9.17, 15) is 19.5 Å². The monoisotopic (exact) mass is 347 g/mol. The first-order valence-electron chi connectivity index (χ1n) is 8.48. The minimum absolute atomic E-state index is 0.110. The Bertz CT molecular complexity index is 618. The molecule has 1 heterocycles. The average Bonchev–Trinajstić information content (AvgIpc) is 2.86. The van der Waals surface area contributed by atoms with Crippen molar-refractivity contribution in [1.29, 1.82) is 0 Å². The number of carbonyl (C=O) groups excluding carboxylic acids is 3. The molecule has 2 atom stereocenters. The molecule has 1 aliphatic rings. The van der Waals surface area contributed by atoms with E-state index >= 15 is 0 Å². The highest BCUT2D eigenvalue weighted by Gasteiger charge is 2.37. The number of imide groups is 1. The lowest BCUT2D eigenvalue weighted by atomic mass is 10.0. The van der Waals surface area contributed by atoms with E-state index in [2.05, 4.69) is 10.6 Å². The molecular formula is C18H25N3O4. The van der Waals surface area contributed by atoms with Gasteiger partial charge in [0.05, 0.1) is 19.2 Å². The van der Waals surface area contributed by atoms with Gasteiger partial charge in [0, 0.05) is 6.42 Å². The van der Waals surface area contributed by atoms with Crippen LogP contribution in [0.15, 0.2) is 30.3 Å². The van der Waals surface area contributed by atoms with Crippen molar-refractivity contribution in [2.75, 3.05) is 6.61 Å². The Labute approximate surface area is 147 Å². The third-order valence-electron chi connectivity index (χ3n) is 4.30. The molecule has 1 aromatic rings. The van der Waals surface area contributed by atoms with Gasteiger partial charge in [-0.25, -0.2) is 4.79 Å². The van der Waals surface area contributed by atoms with Crippen molar-refractivity contribution in [2.45, 2.75) is 45.3 Å².